The monoisotopic (exact) mass is 440 g/mol. The van der Waals surface area contributed by atoms with Crippen LogP contribution in [-0.4, -0.2) is 18.7 Å². The third-order valence-corrected chi connectivity index (χ3v) is 4.54. The molecule has 0 bridgehead atoms. The second kappa shape index (κ2) is 11.1. The Balaban J connectivity index is 1.60. The van der Waals surface area contributed by atoms with Crippen LogP contribution in [-0.2, 0) is 17.8 Å². The second-order valence-electron chi connectivity index (χ2n) is 6.62. The molecule has 5 nitrogen and oxygen atoms in total. The van der Waals surface area contributed by atoms with Crippen molar-refractivity contribution in [2.75, 3.05) is 6.61 Å². The molecule has 31 heavy (non-hydrogen) atoms. The van der Waals surface area contributed by atoms with Gasteiger partial charge in [0.25, 0.3) is 0 Å². The Morgan fingerprint density at radius 3 is 2.58 bits per heavy atom. The molecule has 0 saturated heterocycles. The number of ether oxygens (including phenoxy) is 2. The summed E-state index contributed by atoms with van der Waals surface area (Å²) in [6.45, 7) is 2.38. The molecule has 0 aliphatic carbocycles. The van der Waals surface area contributed by atoms with Gasteiger partial charge in [-0.25, -0.2) is 9.82 Å². The van der Waals surface area contributed by atoms with Crippen molar-refractivity contribution in [3.8, 4) is 11.5 Å². The van der Waals surface area contributed by atoms with Crippen molar-refractivity contribution in [2.45, 2.75) is 20.0 Å². The van der Waals surface area contributed by atoms with Crippen molar-refractivity contribution in [1.82, 2.24) is 5.43 Å². The van der Waals surface area contributed by atoms with Crippen LogP contribution in [0.25, 0.3) is 0 Å². The summed E-state index contributed by atoms with van der Waals surface area (Å²) in [7, 11) is 0. The summed E-state index contributed by atoms with van der Waals surface area (Å²) >= 11 is 5.84. The highest BCUT2D eigenvalue weighted by molar-refractivity contribution is 6.30. The first kappa shape index (κ1) is 22.3. The lowest BCUT2D eigenvalue weighted by Gasteiger charge is -2.13. The van der Waals surface area contributed by atoms with E-state index in [9.17, 15) is 9.18 Å². The topological polar surface area (TPSA) is 59.9 Å². The number of hydrogen-bond acceptors (Lipinski definition) is 4. The van der Waals surface area contributed by atoms with E-state index in [2.05, 4.69) is 10.5 Å². The molecule has 3 aromatic carbocycles. The SMILES string of the molecule is CCOc1cc(/C=N\NC(=O)Cc2ccc(Cl)cc2)ccc1OCc1ccccc1F. The van der Waals surface area contributed by atoms with E-state index in [-0.39, 0.29) is 24.8 Å². The summed E-state index contributed by atoms with van der Waals surface area (Å²) in [5.74, 6) is 0.441. The zero-order chi connectivity index (χ0) is 22.1. The van der Waals surface area contributed by atoms with Gasteiger partial charge in [0.05, 0.1) is 19.2 Å². The molecular formula is C24H22ClFN2O3. The number of carbonyl (C=O) groups excluding carboxylic acids is 1. The van der Waals surface area contributed by atoms with Crippen molar-refractivity contribution in [1.29, 1.82) is 0 Å². The molecule has 0 aliphatic rings. The number of rotatable bonds is 9. The van der Waals surface area contributed by atoms with Gasteiger partial charge in [-0.3, -0.25) is 4.79 Å². The van der Waals surface area contributed by atoms with E-state index in [1.807, 2.05) is 6.92 Å². The van der Waals surface area contributed by atoms with Gasteiger partial charge >= 0.3 is 0 Å². The minimum atomic E-state index is -0.321. The fourth-order valence-corrected chi connectivity index (χ4v) is 2.90. The summed E-state index contributed by atoms with van der Waals surface area (Å²) < 4.78 is 25.2. The first-order valence-corrected chi connectivity index (χ1v) is 10.1. The lowest BCUT2D eigenvalue weighted by Crippen LogP contribution is -2.19. The molecule has 1 N–H and O–H groups in total. The summed E-state index contributed by atoms with van der Waals surface area (Å²) in [6.07, 6.45) is 1.71. The van der Waals surface area contributed by atoms with E-state index >= 15 is 0 Å². The molecule has 0 radical (unpaired) electrons. The lowest BCUT2D eigenvalue weighted by atomic mass is 10.1. The van der Waals surface area contributed by atoms with Gasteiger partial charge in [-0.2, -0.15) is 5.10 Å². The van der Waals surface area contributed by atoms with Gasteiger partial charge in [0.15, 0.2) is 11.5 Å². The molecule has 1 amide bonds. The molecule has 0 saturated carbocycles. The van der Waals surface area contributed by atoms with Crippen LogP contribution in [0, 0.1) is 5.82 Å². The summed E-state index contributed by atoms with van der Waals surface area (Å²) in [5.41, 5.74) is 4.51. The van der Waals surface area contributed by atoms with Crippen LogP contribution in [0.2, 0.25) is 5.02 Å². The maximum atomic E-state index is 13.8. The summed E-state index contributed by atoms with van der Waals surface area (Å²) in [6, 6.07) is 18.7. The molecule has 0 heterocycles. The molecule has 160 valence electrons. The quantitative estimate of drug-likeness (QED) is 0.370. The highest BCUT2D eigenvalue weighted by Gasteiger charge is 2.08. The van der Waals surface area contributed by atoms with Crippen LogP contribution in [0.15, 0.2) is 71.8 Å². The van der Waals surface area contributed by atoms with E-state index in [0.29, 0.717) is 34.3 Å². The fourth-order valence-electron chi connectivity index (χ4n) is 2.77. The highest BCUT2D eigenvalue weighted by Crippen LogP contribution is 2.29. The largest absolute Gasteiger partial charge is 0.490 e. The zero-order valence-corrected chi connectivity index (χ0v) is 17.7. The van der Waals surface area contributed by atoms with Gasteiger partial charge in [-0.05, 0) is 54.4 Å². The van der Waals surface area contributed by atoms with Crippen LogP contribution < -0.4 is 14.9 Å². The van der Waals surface area contributed by atoms with E-state index in [0.717, 1.165) is 5.56 Å². The van der Waals surface area contributed by atoms with Crippen LogP contribution in [0.4, 0.5) is 4.39 Å². The smallest absolute Gasteiger partial charge is 0.244 e. The fraction of sp³-hybridized carbons (Fsp3) is 0.167. The minimum Gasteiger partial charge on any atom is -0.490 e. The van der Waals surface area contributed by atoms with E-state index in [4.69, 9.17) is 21.1 Å². The Kier molecular flexibility index (Phi) is 8.01. The third kappa shape index (κ3) is 6.83. The maximum Gasteiger partial charge on any atom is 0.244 e. The maximum absolute atomic E-state index is 13.8. The Labute approximate surface area is 185 Å². The van der Waals surface area contributed by atoms with Gasteiger partial charge in [0, 0.05) is 10.6 Å². The third-order valence-electron chi connectivity index (χ3n) is 4.29. The summed E-state index contributed by atoms with van der Waals surface area (Å²) in [4.78, 5) is 12.0. The average Bonchev–Trinajstić information content (AvgIpc) is 2.76. The van der Waals surface area contributed by atoms with Crippen molar-refractivity contribution >= 4 is 23.7 Å². The normalized spacial score (nSPS) is 10.8. The molecule has 0 aromatic heterocycles. The van der Waals surface area contributed by atoms with Crippen molar-refractivity contribution in [3.05, 3.63) is 94.3 Å². The zero-order valence-electron chi connectivity index (χ0n) is 17.0. The predicted molar refractivity (Wildman–Crippen MR) is 119 cm³/mol. The predicted octanol–water partition coefficient (Wildman–Crippen LogP) is 5.15. The number of benzene rings is 3. The Bertz CT molecular complexity index is 1050. The van der Waals surface area contributed by atoms with Crippen molar-refractivity contribution in [3.63, 3.8) is 0 Å². The van der Waals surface area contributed by atoms with Gasteiger partial charge in [0.1, 0.15) is 12.4 Å². The molecule has 3 rings (SSSR count). The second-order valence-corrected chi connectivity index (χ2v) is 7.05. The minimum absolute atomic E-state index is 0.0843. The number of nitrogens with zero attached hydrogens (tertiary/aromatic N) is 1. The molecule has 0 aliphatic heterocycles. The Hall–Kier alpha value is -3.38. The van der Waals surface area contributed by atoms with Crippen LogP contribution >= 0.6 is 11.6 Å². The van der Waals surface area contributed by atoms with Gasteiger partial charge in [0.2, 0.25) is 5.91 Å². The molecule has 3 aromatic rings. The highest BCUT2D eigenvalue weighted by atomic mass is 35.5. The standard InChI is InChI=1S/C24H22ClFN2O3/c1-2-30-23-13-18(9-12-22(23)31-16-19-5-3-4-6-21(19)26)15-27-28-24(29)14-17-7-10-20(25)11-8-17/h3-13,15H,2,14,16H2,1H3,(H,28,29)/b27-15-. The number of carbonyl (C=O) groups is 1. The first-order chi connectivity index (χ1) is 15.0. The number of halogens is 2. The molecule has 0 atom stereocenters. The lowest BCUT2D eigenvalue weighted by molar-refractivity contribution is -0.120. The molecular weight excluding hydrogens is 419 g/mol. The number of hydrazone groups is 1. The van der Waals surface area contributed by atoms with E-state index < -0.39 is 0 Å². The molecule has 0 fully saturated rings. The molecule has 7 heteroatoms. The number of nitrogens with one attached hydrogen (secondary N) is 1. The first-order valence-electron chi connectivity index (χ1n) is 9.74. The molecule has 0 unspecified atom stereocenters. The van der Waals surface area contributed by atoms with Gasteiger partial charge < -0.3 is 9.47 Å². The van der Waals surface area contributed by atoms with Crippen LogP contribution in [0.5, 0.6) is 11.5 Å². The molecule has 0 spiro atoms. The van der Waals surface area contributed by atoms with E-state index in [1.54, 1.807) is 60.7 Å². The van der Waals surface area contributed by atoms with Crippen LogP contribution in [0.1, 0.15) is 23.6 Å². The van der Waals surface area contributed by atoms with E-state index in [1.165, 1.54) is 12.3 Å². The Morgan fingerprint density at radius 2 is 1.84 bits per heavy atom. The Morgan fingerprint density at radius 1 is 1.06 bits per heavy atom. The van der Waals surface area contributed by atoms with Crippen molar-refractivity contribution < 1.29 is 18.7 Å². The van der Waals surface area contributed by atoms with Crippen molar-refractivity contribution in [2.24, 2.45) is 5.10 Å². The summed E-state index contributed by atoms with van der Waals surface area (Å²) in [5, 5.41) is 4.61. The van der Waals surface area contributed by atoms with Crippen LogP contribution in [0.3, 0.4) is 0 Å². The number of hydrogen-bond donors (Lipinski definition) is 1. The van der Waals surface area contributed by atoms with Gasteiger partial charge in [-0.1, -0.05) is 41.9 Å². The number of amides is 1. The van der Waals surface area contributed by atoms with Gasteiger partial charge in [-0.15, -0.1) is 0 Å². The average molecular weight is 441 g/mol.